The second kappa shape index (κ2) is 17.4. The lowest BCUT2D eigenvalue weighted by Crippen LogP contribution is -1.97. The summed E-state index contributed by atoms with van der Waals surface area (Å²) in [6.07, 6.45) is 21.3. The highest BCUT2D eigenvalue weighted by Crippen LogP contribution is 2.18. The molecule has 0 aliphatic rings. The molecule has 176 valence electrons. The zero-order valence-electron chi connectivity index (χ0n) is 20.2. The fraction of sp³-hybridized carbons (Fsp3) is 0.571. The minimum Gasteiger partial charge on any atom is -0.486 e. The molecule has 0 unspecified atom stereocenters. The van der Waals surface area contributed by atoms with Crippen LogP contribution in [0.1, 0.15) is 83.6 Å². The van der Waals surface area contributed by atoms with Crippen LogP contribution >= 0.6 is 0 Å². The zero-order chi connectivity index (χ0) is 22.7. The molecule has 0 radical (unpaired) electrons. The van der Waals surface area contributed by atoms with Crippen molar-refractivity contribution in [2.24, 2.45) is 0 Å². The molecule has 0 amide bonds. The fourth-order valence-corrected chi connectivity index (χ4v) is 3.51. The maximum absolute atomic E-state index is 5.73. The standard InChI is InChI=1S/C28H42N2O2/c1-3-5-6-7-8-9-10-14-22-32-27-23-29-28(30-24-27)26-18-16-25(17-19-26)15-12-11-13-21-31-20-4-2/h10,14,16-19,23-24H,3-9,11-13,15,20-22H2,1-2H3/b14-10+. The van der Waals surface area contributed by atoms with Gasteiger partial charge in [0.25, 0.3) is 0 Å². The molecule has 0 bridgehead atoms. The Labute approximate surface area is 195 Å². The Kier molecular flexibility index (Phi) is 14.1. The van der Waals surface area contributed by atoms with Crippen molar-refractivity contribution in [1.82, 2.24) is 9.97 Å². The van der Waals surface area contributed by atoms with Gasteiger partial charge in [-0.2, -0.15) is 0 Å². The van der Waals surface area contributed by atoms with E-state index in [9.17, 15) is 0 Å². The van der Waals surface area contributed by atoms with E-state index in [1.165, 1.54) is 50.5 Å². The number of ether oxygens (including phenoxy) is 2. The molecule has 0 atom stereocenters. The molecule has 1 heterocycles. The first-order chi connectivity index (χ1) is 15.8. The largest absolute Gasteiger partial charge is 0.486 e. The highest BCUT2D eigenvalue weighted by atomic mass is 16.5. The van der Waals surface area contributed by atoms with Gasteiger partial charge in [-0.05, 0) is 44.1 Å². The minimum absolute atomic E-state index is 0.567. The van der Waals surface area contributed by atoms with Crippen LogP contribution in [0.25, 0.3) is 11.4 Å². The Hall–Kier alpha value is -2.20. The highest BCUT2D eigenvalue weighted by Gasteiger charge is 2.03. The monoisotopic (exact) mass is 438 g/mol. The van der Waals surface area contributed by atoms with Gasteiger partial charge in [-0.3, -0.25) is 0 Å². The number of benzene rings is 1. The van der Waals surface area contributed by atoms with Gasteiger partial charge in [-0.15, -0.1) is 0 Å². The van der Waals surface area contributed by atoms with E-state index in [1.807, 2.05) is 0 Å². The second-order valence-electron chi connectivity index (χ2n) is 8.35. The first-order valence-electron chi connectivity index (χ1n) is 12.6. The average molecular weight is 439 g/mol. The molecular weight excluding hydrogens is 396 g/mol. The van der Waals surface area contributed by atoms with Crippen molar-refractivity contribution in [1.29, 1.82) is 0 Å². The second-order valence-corrected chi connectivity index (χ2v) is 8.35. The normalized spacial score (nSPS) is 11.3. The zero-order valence-corrected chi connectivity index (χ0v) is 20.2. The number of nitrogens with zero attached hydrogens (tertiary/aromatic N) is 2. The van der Waals surface area contributed by atoms with Crippen LogP contribution in [0.15, 0.2) is 48.8 Å². The fourth-order valence-electron chi connectivity index (χ4n) is 3.51. The Morgan fingerprint density at radius 2 is 1.50 bits per heavy atom. The summed E-state index contributed by atoms with van der Waals surface area (Å²) in [6.45, 7) is 6.73. The quantitative estimate of drug-likeness (QED) is 0.178. The maximum atomic E-state index is 5.73. The van der Waals surface area contributed by atoms with Gasteiger partial charge in [-0.25, -0.2) is 9.97 Å². The first kappa shape index (κ1) is 26.1. The number of hydrogen-bond donors (Lipinski definition) is 0. The van der Waals surface area contributed by atoms with Crippen LogP contribution < -0.4 is 4.74 Å². The molecule has 0 saturated heterocycles. The number of allylic oxidation sites excluding steroid dienone is 1. The van der Waals surface area contributed by atoms with Gasteiger partial charge >= 0.3 is 0 Å². The molecule has 4 nitrogen and oxygen atoms in total. The van der Waals surface area contributed by atoms with Crippen LogP contribution in [0.4, 0.5) is 0 Å². The SMILES string of the molecule is CCCCCCC/C=C/COc1cnc(-c2ccc(CCCCCOCCC)cc2)nc1. The number of aryl methyl sites for hydroxylation is 1. The molecule has 0 N–H and O–H groups in total. The highest BCUT2D eigenvalue weighted by molar-refractivity contribution is 5.55. The first-order valence-corrected chi connectivity index (χ1v) is 12.6. The van der Waals surface area contributed by atoms with Gasteiger partial charge in [0.1, 0.15) is 6.61 Å². The summed E-state index contributed by atoms with van der Waals surface area (Å²) in [5.41, 5.74) is 2.40. The minimum atomic E-state index is 0.567. The summed E-state index contributed by atoms with van der Waals surface area (Å²) in [7, 11) is 0. The van der Waals surface area contributed by atoms with Gasteiger partial charge in [0.15, 0.2) is 11.6 Å². The van der Waals surface area contributed by atoms with Crippen molar-refractivity contribution in [3.05, 3.63) is 54.4 Å². The Balaban J connectivity index is 1.64. The van der Waals surface area contributed by atoms with Crippen molar-refractivity contribution < 1.29 is 9.47 Å². The summed E-state index contributed by atoms with van der Waals surface area (Å²) in [4.78, 5) is 8.94. The van der Waals surface area contributed by atoms with Crippen LogP contribution in [0, 0.1) is 0 Å². The van der Waals surface area contributed by atoms with Gasteiger partial charge < -0.3 is 9.47 Å². The lowest BCUT2D eigenvalue weighted by molar-refractivity contribution is 0.130. The molecule has 2 aromatic rings. The Morgan fingerprint density at radius 1 is 0.750 bits per heavy atom. The van der Waals surface area contributed by atoms with Gasteiger partial charge in [0, 0.05) is 18.8 Å². The van der Waals surface area contributed by atoms with E-state index in [1.54, 1.807) is 12.4 Å². The molecule has 1 aromatic heterocycles. The molecule has 0 saturated carbocycles. The van der Waals surface area contributed by atoms with E-state index in [-0.39, 0.29) is 0 Å². The van der Waals surface area contributed by atoms with Crippen LogP contribution in [0.5, 0.6) is 5.75 Å². The van der Waals surface area contributed by atoms with E-state index in [2.05, 4.69) is 60.2 Å². The molecular formula is C28H42N2O2. The summed E-state index contributed by atoms with van der Waals surface area (Å²) in [5.74, 6) is 1.44. The van der Waals surface area contributed by atoms with Crippen LogP contribution in [0.2, 0.25) is 0 Å². The Morgan fingerprint density at radius 3 is 2.25 bits per heavy atom. The molecule has 32 heavy (non-hydrogen) atoms. The smallest absolute Gasteiger partial charge is 0.159 e. The summed E-state index contributed by atoms with van der Waals surface area (Å²) in [5, 5.41) is 0. The van der Waals surface area contributed by atoms with Crippen LogP contribution in [-0.4, -0.2) is 29.8 Å². The van der Waals surface area contributed by atoms with Gasteiger partial charge in [0.2, 0.25) is 0 Å². The van der Waals surface area contributed by atoms with Crippen molar-refractivity contribution in [3.8, 4) is 17.1 Å². The molecule has 0 spiro atoms. The average Bonchev–Trinajstić information content (AvgIpc) is 2.83. The third-order valence-corrected chi connectivity index (χ3v) is 5.43. The Bertz CT molecular complexity index is 726. The van der Waals surface area contributed by atoms with Gasteiger partial charge in [0.05, 0.1) is 12.4 Å². The van der Waals surface area contributed by atoms with Crippen molar-refractivity contribution >= 4 is 0 Å². The van der Waals surface area contributed by atoms with Crippen molar-refractivity contribution in [2.75, 3.05) is 19.8 Å². The van der Waals surface area contributed by atoms with E-state index in [0.717, 1.165) is 50.3 Å². The predicted octanol–water partition coefficient (Wildman–Crippen LogP) is 7.58. The maximum Gasteiger partial charge on any atom is 0.159 e. The third-order valence-electron chi connectivity index (χ3n) is 5.43. The topological polar surface area (TPSA) is 44.2 Å². The molecule has 2 rings (SSSR count). The molecule has 1 aromatic carbocycles. The van der Waals surface area contributed by atoms with Crippen LogP contribution in [0.3, 0.4) is 0 Å². The molecule has 0 fully saturated rings. The lowest BCUT2D eigenvalue weighted by Gasteiger charge is -2.06. The third kappa shape index (κ3) is 11.4. The lowest BCUT2D eigenvalue weighted by atomic mass is 10.0. The summed E-state index contributed by atoms with van der Waals surface area (Å²) < 4.78 is 11.3. The predicted molar refractivity (Wildman–Crippen MR) is 134 cm³/mol. The number of aromatic nitrogens is 2. The van der Waals surface area contributed by atoms with E-state index >= 15 is 0 Å². The number of unbranched alkanes of at least 4 members (excludes halogenated alkanes) is 7. The van der Waals surface area contributed by atoms with E-state index < -0.39 is 0 Å². The number of rotatable bonds is 18. The molecule has 4 heteroatoms. The van der Waals surface area contributed by atoms with Crippen molar-refractivity contribution in [2.45, 2.75) is 84.5 Å². The van der Waals surface area contributed by atoms with E-state index in [4.69, 9.17) is 9.47 Å². The van der Waals surface area contributed by atoms with Gasteiger partial charge in [-0.1, -0.05) is 82.4 Å². The van der Waals surface area contributed by atoms with Crippen LogP contribution in [-0.2, 0) is 11.2 Å². The van der Waals surface area contributed by atoms with E-state index in [0.29, 0.717) is 12.4 Å². The number of hydrogen-bond acceptors (Lipinski definition) is 4. The summed E-state index contributed by atoms with van der Waals surface area (Å²) in [6, 6.07) is 8.59. The molecule has 0 aliphatic heterocycles. The summed E-state index contributed by atoms with van der Waals surface area (Å²) >= 11 is 0. The molecule has 0 aliphatic carbocycles. The van der Waals surface area contributed by atoms with Crippen molar-refractivity contribution in [3.63, 3.8) is 0 Å².